The van der Waals surface area contributed by atoms with E-state index in [1.165, 1.54) is 13.8 Å². The molecule has 0 aliphatic heterocycles. The molecule has 0 amide bonds. The average Bonchev–Trinajstić information content (AvgIpc) is 2.09. The Morgan fingerprint density at radius 3 is 1.08 bits per heavy atom. The molecule has 0 atom stereocenters. The number of carbonyl (C=O) groups excluding carboxylic acids is 2. The van der Waals surface area contributed by atoms with E-state index in [-0.39, 0.29) is 32.3 Å². The van der Waals surface area contributed by atoms with Gasteiger partial charge in [-0.2, -0.15) is 0 Å². The van der Waals surface area contributed by atoms with Gasteiger partial charge in [-0.05, 0) is 12.8 Å². The summed E-state index contributed by atoms with van der Waals surface area (Å²) in [4.78, 5) is 18.5. The number of hydrogen-bond acceptors (Lipinski definition) is 5. The van der Waals surface area contributed by atoms with Crippen molar-refractivity contribution in [3.63, 3.8) is 0 Å². The van der Waals surface area contributed by atoms with Crippen LogP contribution in [-0.2, 0) is 29.1 Å². The molecule has 0 aromatic rings. The first-order valence-corrected chi connectivity index (χ1v) is 3.39. The minimum atomic E-state index is -0.995. The Balaban J connectivity index is -0.0000000491. The van der Waals surface area contributed by atoms with Crippen LogP contribution in [0.5, 0.6) is 0 Å². The fourth-order valence-corrected chi connectivity index (χ4v) is 0. The van der Waals surface area contributed by atoms with Crippen LogP contribution in [0.3, 0.4) is 0 Å². The first kappa shape index (κ1) is 22.9. The minimum absolute atomic E-state index is 0. The molecule has 0 aromatic heterocycles. The fraction of sp³-hybridized carbons (Fsp3) is 0.714. The number of carboxylic acid groups (broad SMARTS) is 2. The first-order chi connectivity index (χ1) is 5.54. The van der Waals surface area contributed by atoms with E-state index in [1.54, 1.807) is 0 Å². The van der Waals surface area contributed by atoms with Crippen LogP contribution < -0.4 is 10.2 Å². The number of carboxylic acids is 2. The molecular weight excluding hydrogens is 229 g/mol. The van der Waals surface area contributed by atoms with Gasteiger partial charge >= 0.3 is 19.5 Å². The molecule has 0 saturated carbocycles. The van der Waals surface area contributed by atoms with Crippen molar-refractivity contribution in [1.82, 2.24) is 0 Å². The topological polar surface area (TPSA) is 100 Å². The summed E-state index contributed by atoms with van der Waals surface area (Å²) in [7, 11) is 1.00. The van der Waals surface area contributed by atoms with Gasteiger partial charge in [-0.1, -0.05) is 13.8 Å². The number of aliphatic hydroxyl groups excluding tert-OH is 1. The number of carbonyl (C=O) groups is 2. The molecule has 0 spiro atoms. The van der Waals surface area contributed by atoms with Gasteiger partial charge in [0.2, 0.25) is 0 Å². The van der Waals surface area contributed by atoms with E-state index in [9.17, 15) is 19.8 Å². The van der Waals surface area contributed by atoms with Crippen molar-refractivity contribution >= 4 is 11.9 Å². The Bertz CT molecular complexity index is 101. The molecule has 0 aliphatic carbocycles. The summed E-state index contributed by atoms with van der Waals surface area (Å²) in [5.74, 6) is -1.99. The minimum Gasteiger partial charge on any atom is -0.550 e. The molecule has 6 heteroatoms. The standard InChI is InChI=1S/2C3H6O2.CH4O.Zn/c2*1-2-3(4)5;1-2;/h2*2H2,1H3,(H,4,5);2H,1H3;/q;;;+2/p-2. The van der Waals surface area contributed by atoms with E-state index < -0.39 is 11.9 Å². The third-order valence-electron chi connectivity index (χ3n) is 0.577. The second kappa shape index (κ2) is 22.5. The Morgan fingerprint density at radius 2 is 1.08 bits per heavy atom. The Labute approximate surface area is 90.5 Å². The maximum absolute atomic E-state index is 9.26. The Kier molecular flexibility index (Phi) is 39.7. The van der Waals surface area contributed by atoms with Crippen LogP contribution in [0.25, 0.3) is 0 Å². The first-order valence-electron chi connectivity index (χ1n) is 3.39. The zero-order valence-corrected chi connectivity index (χ0v) is 11.2. The quantitative estimate of drug-likeness (QED) is 0.560. The second-order valence-corrected chi connectivity index (χ2v) is 1.45. The number of hydrogen-bond donors (Lipinski definition) is 1. The van der Waals surface area contributed by atoms with E-state index in [2.05, 4.69) is 0 Å². The van der Waals surface area contributed by atoms with Gasteiger partial charge in [-0.25, -0.2) is 0 Å². The predicted molar refractivity (Wildman–Crippen MR) is 38.7 cm³/mol. The van der Waals surface area contributed by atoms with Crippen molar-refractivity contribution in [3.05, 3.63) is 0 Å². The third-order valence-corrected chi connectivity index (χ3v) is 0.577. The van der Waals surface area contributed by atoms with E-state index in [0.717, 1.165) is 7.11 Å². The summed E-state index contributed by atoms with van der Waals surface area (Å²) in [5, 5.41) is 25.5. The van der Waals surface area contributed by atoms with Crippen molar-refractivity contribution in [2.45, 2.75) is 26.7 Å². The second-order valence-electron chi connectivity index (χ2n) is 1.45. The summed E-state index contributed by atoms with van der Waals surface area (Å²) in [6.45, 7) is 3.07. The van der Waals surface area contributed by atoms with Crippen LogP contribution in [0.4, 0.5) is 0 Å². The number of rotatable bonds is 2. The maximum Gasteiger partial charge on any atom is 2.00 e. The number of aliphatic hydroxyl groups is 1. The van der Waals surface area contributed by atoms with E-state index in [1.807, 2.05) is 0 Å². The summed E-state index contributed by atoms with van der Waals surface area (Å²) < 4.78 is 0. The van der Waals surface area contributed by atoms with Crippen molar-refractivity contribution in [2.75, 3.05) is 7.11 Å². The SMILES string of the molecule is CCC(=O)[O-].CCC(=O)[O-].CO.[Zn+2]. The summed E-state index contributed by atoms with van der Waals surface area (Å²) in [5.41, 5.74) is 0. The summed E-state index contributed by atoms with van der Waals surface area (Å²) >= 11 is 0. The summed E-state index contributed by atoms with van der Waals surface area (Å²) in [6, 6.07) is 0. The molecule has 1 N–H and O–H groups in total. The maximum atomic E-state index is 9.26. The number of aliphatic carboxylic acids is 2. The third kappa shape index (κ3) is 84.2. The molecule has 13 heavy (non-hydrogen) atoms. The Morgan fingerprint density at radius 1 is 1.00 bits per heavy atom. The molecule has 0 heterocycles. The average molecular weight is 244 g/mol. The van der Waals surface area contributed by atoms with Gasteiger partial charge in [0.1, 0.15) is 0 Å². The van der Waals surface area contributed by atoms with E-state index in [4.69, 9.17) is 5.11 Å². The normalized spacial score (nSPS) is 6.15. The van der Waals surface area contributed by atoms with Crippen LogP contribution in [0.2, 0.25) is 0 Å². The van der Waals surface area contributed by atoms with Crippen LogP contribution in [0.15, 0.2) is 0 Å². The van der Waals surface area contributed by atoms with Crippen LogP contribution >= 0.6 is 0 Å². The van der Waals surface area contributed by atoms with Gasteiger partial charge in [0.25, 0.3) is 0 Å². The van der Waals surface area contributed by atoms with Gasteiger partial charge in [0, 0.05) is 19.0 Å². The molecule has 0 rings (SSSR count). The van der Waals surface area contributed by atoms with E-state index in [0.29, 0.717) is 0 Å². The van der Waals surface area contributed by atoms with Crippen molar-refractivity contribution in [3.8, 4) is 0 Å². The molecular formula is C7H14O5Zn. The molecule has 74 valence electrons. The molecule has 0 aromatic carbocycles. The van der Waals surface area contributed by atoms with Gasteiger partial charge in [0.15, 0.2) is 0 Å². The van der Waals surface area contributed by atoms with Crippen LogP contribution in [-0.4, -0.2) is 24.2 Å². The molecule has 0 fully saturated rings. The van der Waals surface area contributed by atoms with Crippen LogP contribution in [0.1, 0.15) is 26.7 Å². The Hall–Kier alpha value is -0.477. The molecule has 0 unspecified atom stereocenters. The van der Waals surface area contributed by atoms with Gasteiger partial charge < -0.3 is 24.9 Å². The molecule has 5 nitrogen and oxygen atoms in total. The van der Waals surface area contributed by atoms with Crippen molar-refractivity contribution in [1.29, 1.82) is 0 Å². The molecule has 0 bridgehead atoms. The van der Waals surface area contributed by atoms with Gasteiger partial charge in [0.05, 0.1) is 0 Å². The molecule has 0 aliphatic rings. The van der Waals surface area contributed by atoms with Gasteiger partial charge in [-0.15, -0.1) is 0 Å². The van der Waals surface area contributed by atoms with E-state index >= 15 is 0 Å². The zero-order chi connectivity index (χ0) is 10.6. The van der Waals surface area contributed by atoms with Crippen LogP contribution in [0, 0.1) is 0 Å². The fourth-order valence-electron chi connectivity index (χ4n) is 0. The zero-order valence-electron chi connectivity index (χ0n) is 8.20. The van der Waals surface area contributed by atoms with Crippen molar-refractivity contribution in [2.24, 2.45) is 0 Å². The summed E-state index contributed by atoms with van der Waals surface area (Å²) in [6.07, 6.45) is 0.222. The predicted octanol–water partition coefficient (Wildman–Crippen LogP) is -2.10. The van der Waals surface area contributed by atoms with Crippen molar-refractivity contribution < 1.29 is 44.4 Å². The monoisotopic (exact) mass is 242 g/mol. The molecule has 0 radical (unpaired) electrons. The smallest absolute Gasteiger partial charge is 0.550 e. The largest absolute Gasteiger partial charge is 2.00 e. The van der Waals surface area contributed by atoms with Gasteiger partial charge in [-0.3, -0.25) is 0 Å². The molecule has 0 saturated heterocycles.